The van der Waals surface area contributed by atoms with E-state index >= 15 is 0 Å². The summed E-state index contributed by atoms with van der Waals surface area (Å²) < 4.78 is 15.7. The van der Waals surface area contributed by atoms with Crippen LogP contribution in [0.15, 0.2) is 88.5 Å². The molecule has 0 radical (unpaired) electrons. The Morgan fingerprint density at radius 1 is 0.667 bits per heavy atom. The van der Waals surface area contributed by atoms with Crippen LogP contribution in [0.1, 0.15) is 38.3 Å². The number of anilines is 3. The largest absolute Gasteiger partial charge is 0.378 e. The smallest absolute Gasteiger partial charge is 0.253 e. The Labute approximate surface area is 311 Å². The number of fused-ring (bicyclic) bond motifs is 2. The fraction of sp³-hybridized carbons (Fsp3) is 0.375. The van der Waals surface area contributed by atoms with E-state index in [1.807, 2.05) is 59.7 Å². The number of rotatable bonds is 6. The number of amides is 1. The van der Waals surface area contributed by atoms with Crippen molar-refractivity contribution in [3.05, 3.63) is 109 Å². The van der Waals surface area contributed by atoms with Gasteiger partial charge in [-0.25, -0.2) is 0 Å². The molecule has 5 heterocycles. The van der Waals surface area contributed by atoms with Gasteiger partial charge in [0.05, 0.1) is 54.9 Å². The highest BCUT2D eigenvalue weighted by molar-refractivity contribution is 14.1. The van der Waals surface area contributed by atoms with Crippen LogP contribution in [0.5, 0.6) is 0 Å². The van der Waals surface area contributed by atoms with Gasteiger partial charge in [-0.15, -0.1) is 0 Å². The SMILES string of the molecule is CCn1c(=O)cc(N2CCOCC2)c2cc(I)ccc21.CCn1c(=O)cc(N2CCOCC2)c2cc(N3C(=O)CC[C@H]3c3ccccc3)ccc21. The quantitative estimate of drug-likeness (QED) is 0.190. The molecule has 266 valence electrons. The van der Waals surface area contributed by atoms with Crippen LogP contribution in [-0.4, -0.2) is 67.6 Å². The summed E-state index contributed by atoms with van der Waals surface area (Å²) in [6, 6.07) is 26.1. The second kappa shape index (κ2) is 15.6. The third kappa shape index (κ3) is 7.16. The summed E-state index contributed by atoms with van der Waals surface area (Å²) in [6.07, 6.45) is 1.36. The van der Waals surface area contributed by atoms with Gasteiger partial charge in [0.15, 0.2) is 0 Å². The lowest BCUT2D eigenvalue weighted by Gasteiger charge is -2.31. The van der Waals surface area contributed by atoms with Crippen LogP contribution in [0.25, 0.3) is 21.8 Å². The van der Waals surface area contributed by atoms with E-state index in [1.54, 1.807) is 16.7 Å². The van der Waals surface area contributed by atoms with Crippen molar-refractivity contribution in [3.8, 4) is 0 Å². The zero-order chi connectivity index (χ0) is 35.5. The number of nitrogens with zero attached hydrogens (tertiary/aromatic N) is 5. The molecule has 3 saturated heterocycles. The average Bonchev–Trinajstić information content (AvgIpc) is 3.56. The summed E-state index contributed by atoms with van der Waals surface area (Å²) in [7, 11) is 0. The van der Waals surface area contributed by atoms with Crippen LogP contribution >= 0.6 is 22.6 Å². The van der Waals surface area contributed by atoms with E-state index in [-0.39, 0.29) is 23.1 Å². The number of hydrogen-bond donors (Lipinski definition) is 0. The highest BCUT2D eigenvalue weighted by atomic mass is 127. The number of aryl methyl sites for hydroxylation is 2. The molecule has 3 aliphatic heterocycles. The molecule has 1 atom stereocenters. The van der Waals surface area contributed by atoms with E-state index in [4.69, 9.17) is 9.47 Å². The highest BCUT2D eigenvalue weighted by Crippen LogP contribution is 2.39. The second-order valence-corrected chi connectivity index (χ2v) is 14.3. The van der Waals surface area contributed by atoms with Gasteiger partial charge in [0.1, 0.15) is 0 Å². The van der Waals surface area contributed by atoms with Crippen molar-refractivity contribution in [2.45, 2.75) is 45.8 Å². The first-order valence-corrected chi connectivity index (χ1v) is 19.0. The maximum Gasteiger partial charge on any atom is 0.253 e. The number of halogens is 1. The highest BCUT2D eigenvalue weighted by Gasteiger charge is 2.33. The molecule has 51 heavy (non-hydrogen) atoms. The fourth-order valence-electron chi connectivity index (χ4n) is 7.63. The predicted molar refractivity (Wildman–Crippen MR) is 212 cm³/mol. The van der Waals surface area contributed by atoms with Gasteiger partial charge in [-0.1, -0.05) is 30.3 Å². The lowest BCUT2D eigenvalue weighted by Crippen LogP contribution is -2.37. The van der Waals surface area contributed by atoms with Gasteiger partial charge < -0.3 is 33.3 Å². The Hall–Kier alpha value is -4.20. The zero-order valence-corrected chi connectivity index (χ0v) is 31.4. The third-order valence-corrected chi connectivity index (χ3v) is 10.8. The number of morpholine rings is 2. The molecule has 11 heteroatoms. The van der Waals surface area contributed by atoms with Crippen LogP contribution < -0.4 is 25.8 Å². The number of carbonyl (C=O) groups is 1. The molecule has 3 aromatic carbocycles. The summed E-state index contributed by atoms with van der Waals surface area (Å²) in [5, 5.41) is 2.16. The average molecular weight is 802 g/mol. The van der Waals surface area contributed by atoms with Gasteiger partial charge in [-0.05, 0) is 84.8 Å². The fourth-order valence-corrected chi connectivity index (χ4v) is 8.12. The molecule has 0 aliphatic carbocycles. The first-order chi connectivity index (χ1) is 24.9. The number of aromatic nitrogens is 2. The van der Waals surface area contributed by atoms with E-state index in [0.29, 0.717) is 32.7 Å². The van der Waals surface area contributed by atoms with Gasteiger partial charge in [0.25, 0.3) is 11.1 Å². The molecule has 1 amide bonds. The summed E-state index contributed by atoms with van der Waals surface area (Å²) in [6.45, 7) is 11.2. The van der Waals surface area contributed by atoms with E-state index in [2.05, 4.69) is 62.7 Å². The predicted octanol–water partition coefficient (Wildman–Crippen LogP) is 6.19. The van der Waals surface area contributed by atoms with Gasteiger partial charge >= 0.3 is 0 Å². The Kier molecular flexibility index (Phi) is 10.8. The van der Waals surface area contributed by atoms with Crippen LogP contribution in [0.3, 0.4) is 0 Å². The summed E-state index contributed by atoms with van der Waals surface area (Å²) in [5.74, 6) is 0.143. The van der Waals surface area contributed by atoms with Crippen molar-refractivity contribution in [2.75, 3.05) is 67.3 Å². The molecule has 2 aromatic heterocycles. The van der Waals surface area contributed by atoms with Crippen molar-refractivity contribution >= 4 is 67.4 Å². The van der Waals surface area contributed by atoms with Crippen LogP contribution in [0.4, 0.5) is 17.1 Å². The van der Waals surface area contributed by atoms with E-state index in [9.17, 15) is 14.4 Å². The molecule has 3 aliphatic rings. The molecule has 8 rings (SSSR count). The van der Waals surface area contributed by atoms with Crippen LogP contribution in [0.2, 0.25) is 0 Å². The standard InChI is InChI=1S/C25H27N3O3.C15H17IN2O2/c1-2-27-22-9-8-19(28-21(10-11-24(28)29)18-6-4-3-5-7-18)16-20(22)23(17-25(27)30)26-12-14-31-15-13-26;1-2-18-13-4-3-11(16)9-12(13)14(10-15(18)19)17-5-7-20-8-6-17/h3-9,16-17,21H,2,10-15H2,1H3;3-4,9-10H,2,5-8H2,1H3/t21-;/m0./s1. The lowest BCUT2D eigenvalue weighted by atomic mass is 10.0. The normalized spacial score (nSPS) is 18.0. The molecular formula is C40H44IN5O5. The summed E-state index contributed by atoms with van der Waals surface area (Å²) in [4.78, 5) is 44.4. The first kappa shape index (κ1) is 35.2. The molecule has 0 spiro atoms. The minimum absolute atomic E-state index is 0.00338. The molecule has 0 unspecified atom stereocenters. The number of pyridine rings is 2. The van der Waals surface area contributed by atoms with Crippen LogP contribution in [0, 0.1) is 3.57 Å². The van der Waals surface area contributed by atoms with Gasteiger partial charge in [0, 0.05) is 77.9 Å². The zero-order valence-electron chi connectivity index (χ0n) is 29.2. The maximum atomic E-state index is 12.9. The minimum Gasteiger partial charge on any atom is -0.378 e. The van der Waals surface area contributed by atoms with Gasteiger partial charge in [-0.3, -0.25) is 14.4 Å². The van der Waals surface area contributed by atoms with E-state index < -0.39 is 0 Å². The Bertz CT molecular complexity index is 2160. The molecule has 0 N–H and O–H groups in total. The second-order valence-electron chi connectivity index (χ2n) is 13.0. The van der Waals surface area contributed by atoms with E-state index in [1.165, 1.54) is 3.57 Å². The summed E-state index contributed by atoms with van der Waals surface area (Å²) >= 11 is 2.32. The molecule has 3 fully saturated rings. The van der Waals surface area contributed by atoms with E-state index in [0.717, 1.165) is 90.2 Å². The number of carbonyl (C=O) groups excluding carboxylic acids is 1. The summed E-state index contributed by atoms with van der Waals surface area (Å²) in [5.41, 5.74) is 6.01. The van der Waals surface area contributed by atoms with Crippen molar-refractivity contribution in [1.29, 1.82) is 0 Å². The first-order valence-electron chi connectivity index (χ1n) is 17.9. The molecular weight excluding hydrogens is 757 g/mol. The van der Waals surface area contributed by atoms with Gasteiger partial charge in [-0.2, -0.15) is 0 Å². The van der Waals surface area contributed by atoms with Crippen molar-refractivity contribution in [2.24, 2.45) is 0 Å². The topological polar surface area (TPSA) is 89.2 Å². The Balaban J connectivity index is 0.000000175. The van der Waals surface area contributed by atoms with Gasteiger partial charge in [0.2, 0.25) is 5.91 Å². The number of hydrogen-bond acceptors (Lipinski definition) is 7. The molecule has 5 aromatic rings. The van der Waals surface area contributed by atoms with Crippen molar-refractivity contribution in [1.82, 2.24) is 9.13 Å². The number of benzene rings is 3. The number of ether oxygens (including phenoxy) is 2. The Morgan fingerprint density at radius 3 is 1.75 bits per heavy atom. The minimum atomic E-state index is 0.00338. The van der Waals surface area contributed by atoms with Crippen molar-refractivity contribution < 1.29 is 14.3 Å². The third-order valence-electron chi connectivity index (χ3n) is 10.1. The lowest BCUT2D eigenvalue weighted by molar-refractivity contribution is -0.117. The molecule has 0 saturated carbocycles. The maximum absolute atomic E-state index is 12.9. The molecule has 0 bridgehead atoms. The van der Waals surface area contributed by atoms with Crippen LogP contribution in [-0.2, 0) is 27.4 Å². The Morgan fingerprint density at radius 2 is 1.20 bits per heavy atom. The molecule has 10 nitrogen and oxygen atoms in total. The monoisotopic (exact) mass is 801 g/mol. The van der Waals surface area contributed by atoms with Crippen molar-refractivity contribution in [3.63, 3.8) is 0 Å².